The second-order valence-corrected chi connectivity index (χ2v) is 6.50. The first-order valence-corrected chi connectivity index (χ1v) is 7.05. The summed E-state index contributed by atoms with van der Waals surface area (Å²) < 4.78 is 0.904. The van der Waals surface area contributed by atoms with Gasteiger partial charge in [-0.05, 0) is 52.3 Å². The summed E-state index contributed by atoms with van der Waals surface area (Å²) in [6, 6.07) is 9.79. The van der Waals surface area contributed by atoms with E-state index in [1.807, 2.05) is 6.07 Å². The zero-order valence-electron chi connectivity index (χ0n) is 9.06. The van der Waals surface area contributed by atoms with E-state index < -0.39 is 12.0 Å². The van der Waals surface area contributed by atoms with Crippen molar-refractivity contribution in [2.45, 2.75) is 6.04 Å². The summed E-state index contributed by atoms with van der Waals surface area (Å²) in [5.74, 6) is -0.917. The monoisotopic (exact) mass is 345 g/mol. The lowest BCUT2D eigenvalue weighted by Gasteiger charge is -2.14. The number of carboxylic acid groups (broad SMARTS) is 1. The van der Waals surface area contributed by atoms with Gasteiger partial charge in [0.05, 0.1) is 3.79 Å². The van der Waals surface area contributed by atoms with Gasteiger partial charge >= 0.3 is 5.97 Å². The number of hydrogen-bond acceptors (Lipinski definition) is 3. The third-order valence-electron chi connectivity index (χ3n) is 2.28. The van der Waals surface area contributed by atoms with Crippen molar-refractivity contribution in [1.29, 1.82) is 0 Å². The zero-order valence-corrected chi connectivity index (χ0v) is 12.2. The minimum absolute atomic E-state index is 0.617. The van der Waals surface area contributed by atoms with E-state index in [1.54, 1.807) is 30.3 Å². The van der Waals surface area contributed by atoms with E-state index in [9.17, 15) is 9.90 Å². The number of rotatable bonds is 4. The van der Waals surface area contributed by atoms with Crippen LogP contribution in [0.25, 0.3) is 0 Å². The zero-order chi connectivity index (χ0) is 13.1. The van der Waals surface area contributed by atoms with E-state index in [0.717, 1.165) is 14.4 Å². The van der Waals surface area contributed by atoms with E-state index in [-0.39, 0.29) is 0 Å². The van der Waals surface area contributed by atoms with Gasteiger partial charge in [0.1, 0.15) is 0 Å². The molecule has 0 saturated carbocycles. The summed E-state index contributed by atoms with van der Waals surface area (Å²) in [5.41, 5.74) is 0.719. The quantitative estimate of drug-likeness (QED) is 0.862. The second-order valence-electron chi connectivity index (χ2n) is 3.56. The van der Waals surface area contributed by atoms with Crippen molar-refractivity contribution >= 4 is 50.5 Å². The number of anilines is 1. The van der Waals surface area contributed by atoms with Crippen LogP contribution in [0, 0.1) is 0 Å². The highest BCUT2D eigenvalue weighted by molar-refractivity contribution is 9.11. The molecule has 0 saturated heterocycles. The topological polar surface area (TPSA) is 49.3 Å². The molecule has 0 spiro atoms. The van der Waals surface area contributed by atoms with Gasteiger partial charge in [-0.25, -0.2) is 4.79 Å². The Morgan fingerprint density at radius 1 is 1.28 bits per heavy atom. The predicted molar refractivity (Wildman–Crippen MR) is 77.5 cm³/mol. The first-order valence-electron chi connectivity index (χ1n) is 5.06. The average molecular weight is 347 g/mol. The third kappa shape index (κ3) is 3.25. The summed E-state index contributed by atoms with van der Waals surface area (Å²) in [4.78, 5) is 12.0. The maximum absolute atomic E-state index is 11.3. The minimum Gasteiger partial charge on any atom is -0.479 e. The second kappa shape index (κ2) is 5.73. The fourth-order valence-corrected chi connectivity index (χ4v) is 3.04. The normalized spacial score (nSPS) is 12.1. The molecular formula is C12H9BrClNO2S. The number of carboxylic acids is 1. The van der Waals surface area contributed by atoms with Crippen LogP contribution in [-0.2, 0) is 4.79 Å². The molecule has 0 radical (unpaired) electrons. The molecule has 0 aliphatic carbocycles. The Labute approximate surface area is 122 Å². The Kier molecular flexibility index (Phi) is 4.27. The van der Waals surface area contributed by atoms with Gasteiger partial charge in [-0.15, -0.1) is 11.3 Å². The lowest BCUT2D eigenvalue weighted by Crippen LogP contribution is -2.19. The highest BCUT2D eigenvalue weighted by Crippen LogP contribution is 2.30. The number of benzene rings is 1. The van der Waals surface area contributed by atoms with Crippen molar-refractivity contribution in [3.05, 3.63) is 50.1 Å². The molecule has 1 aromatic heterocycles. The smallest absolute Gasteiger partial charge is 0.331 e. The van der Waals surface area contributed by atoms with Crippen LogP contribution in [0.15, 0.2) is 40.2 Å². The van der Waals surface area contributed by atoms with Gasteiger partial charge < -0.3 is 10.4 Å². The van der Waals surface area contributed by atoms with Crippen LogP contribution in [0.4, 0.5) is 5.69 Å². The van der Waals surface area contributed by atoms with Crippen LogP contribution in [0.1, 0.15) is 10.9 Å². The molecule has 0 amide bonds. The van der Waals surface area contributed by atoms with Crippen molar-refractivity contribution < 1.29 is 9.90 Å². The van der Waals surface area contributed by atoms with Crippen LogP contribution in [0.3, 0.4) is 0 Å². The van der Waals surface area contributed by atoms with E-state index in [1.165, 1.54) is 11.3 Å². The Bertz CT molecular complexity index is 555. The predicted octanol–water partition coefficient (Wildman–Crippen LogP) is 4.40. The molecule has 0 aliphatic rings. The largest absolute Gasteiger partial charge is 0.479 e. The van der Waals surface area contributed by atoms with Gasteiger partial charge in [-0.2, -0.15) is 0 Å². The SMILES string of the molecule is O=C(O)C(Nc1ccc(Cl)cc1)c1ccc(Br)s1. The summed E-state index contributed by atoms with van der Waals surface area (Å²) in [5, 5.41) is 12.8. The maximum Gasteiger partial charge on any atom is 0.331 e. The number of hydrogen-bond donors (Lipinski definition) is 2. The summed E-state index contributed by atoms with van der Waals surface area (Å²) >= 11 is 10.5. The number of carbonyl (C=O) groups is 1. The first-order chi connectivity index (χ1) is 8.56. The molecule has 0 fully saturated rings. The minimum atomic E-state index is -0.917. The summed E-state index contributed by atoms with van der Waals surface area (Å²) in [6.07, 6.45) is 0. The molecule has 0 aliphatic heterocycles. The van der Waals surface area contributed by atoms with Gasteiger partial charge in [0.25, 0.3) is 0 Å². The van der Waals surface area contributed by atoms with E-state index in [4.69, 9.17) is 11.6 Å². The molecule has 1 unspecified atom stereocenters. The fraction of sp³-hybridized carbons (Fsp3) is 0.0833. The van der Waals surface area contributed by atoms with Gasteiger partial charge in [-0.1, -0.05) is 11.6 Å². The Hall–Kier alpha value is -1.04. The van der Waals surface area contributed by atoms with Crippen molar-refractivity contribution in [3.63, 3.8) is 0 Å². The van der Waals surface area contributed by atoms with Crippen LogP contribution < -0.4 is 5.32 Å². The van der Waals surface area contributed by atoms with Crippen molar-refractivity contribution in [2.75, 3.05) is 5.32 Å². The number of aliphatic carboxylic acids is 1. The molecule has 1 heterocycles. The molecule has 1 aromatic carbocycles. The van der Waals surface area contributed by atoms with E-state index in [2.05, 4.69) is 21.2 Å². The van der Waals surface area contributed by atoms with Crippen molar-refractivity contribution in [2.24, 2.45) is 0 Å². The van der Waals surface area contributed by atoms with Gasteiger partial charge in [-0.3, -0.25) is 0 Å². The number of nitrogens with one attached hydrogen (secondary N) is 1. The molecule has 3 nitrogen and oxygen atoms in total. The molecule has 18 heavy (non-hydrogen) atoms. The Balaban J connectivity index is 2.22. The van der Waals surface area contributed by atoms with E-state index >= 15 is 0 Å². The lowest BCUT2D eigenvalue weighted by molar-refractivity contribution is -0.138. The number of halogens is 2. The fourth-order valence-electron chi connectivity index (χ4n) is 1.45. The molecular weight excluding hydrogens is 338 g/mol. The number of thiophene rings is 1. The summed E-state index contributed by atoms with van der Waals surface area (Å²) in [7, 11) is 0. The van der Waals surface area contributed by atoms with Gasteiger partial charge in [0.2, 0.25) is 0 Å². The molecule has 94 valence electrons. The maximum atomic E-state index is 11.3. The molecule has 2 N–H and O–H groups in total. The van der Waals surface area contributed by atoms with Gasteiger partial charge in [0.15, 0.2) is 6.04 Å². The Morgan fingerprint density at radius 2 is 1.94 bits per heavy atom. The van der Waals surface area contributed by atoms with Gasteiger partial charge in [0, 0.05) is 15.6 Å². The molecule has 0 bridgehead atoms. The molecule has 2 aromatic rings. The van der Waals surface area contributed by atoms with Crippen LogP contribution in [-0.4, -0.2) is 11.1 Å². The van der Waals surface area contributed by atoms with Crippen molar-refractivity contribution in [1.82, 2.24) is 0 Å². The molecule has 1 atom stereocenters. The lowest BCUT2D eigenvalue weighted by atomic mass is 10.2. The average Bonchev–Trinajstić information content (AvgIpc) is 2.74. The standard InChI is InChI=1S/C12H9BrClNO2S/c13-10-6-5-9(18-10)11(12(16)17)15-8-3-1-7(14)2-4-8/h1-6,11,15H,(H,16,17). The first kappa shape index (κ1) is 13.4. The molecule has 6 heteroatoms. The van der Waals surface area contributed by atoms with Crippen molar-refractivity contribution in [3.8, 4) is 0 Å². The summed E-state index contributed by atoms with van der Waals surface area (Å²) in [6.45, 7) is 0. The Morgan fingerprint density at radius 3 is 2.44 bits per heavy atom. The molecule has 2 rings (SSSR count). The third-order valence-corrected chi connectivity index (χ3v) is 4.22. The highest BCUT2D eigenvalue weighted by Gasteiger charge is 2.21. The van der Waals surface area contributed by atoms with Crippen LogP contribution >= 0.6 is 38.9 Å². The van der Waals surface area contributed by atoms with Crippen LogP contribution in [0.2, 0.25) is 5.02 Å². The highest BCUT2D eigenvalue weighted by atomic mass is 79.9. The van der Waals surface area contributed by atoms with Crippen LogP contribution in [0.5, 0.6) is 0 Å². The van der Waals surface area contributed by atoms with E-state index in [0.29, 0.717) is 5.02 Å².